The molecular formula is C27H25ClN2O3. The molecule has 0 saturated heterocycles. The second-order valence-corrected chi connectivity index (χ2v) is 8.56. The van der Waals surface area contributed by atoms with Gasteiger partial charge in [-0.3, -0.25) is 9.69 Å². The first-order valence-electron chi connectivity index (χ1n) is 10.6. The number of carbonyl (C=O) groups is 2. The molecule has 0 aliphatic carbocycles. The van der Waals surface area contributed by atoms with Crippen LogP contribution < -0.4 is 4.90 Å². The summed E-state index contributed by atoms with van der Waals surface area (Å²) >= 11 is 6.02. The number of carbonyl (C=O) groups excluding carboxylic acids is 2. The summed E-state index contributed by atoms with van der Waals surface area (Å²) < 4.78 is 7.16. The maximum atomic E-state index is 13.5. The van der Waals surface area contributed by atoms with Crippen LogP contribution in [0.4, 0.5) is 5.69 Å². The zero-order valence-corrected chi connectivity index (χ0v) is 20.0. The van der Waals surface area contributed by atoms with E-state index in [1.165, 1.54) is 17.6 Å². The first-order chi connectivity index (χ1) is 15.7. The molecule has 1 aliphatic heterocycles. The van der Waals surface area contributed by atoms with Gasteiger partial charge in [-0.2, -0.15) is 0 Å². The predicted octanol–water partition coefficient (Wildman–Crippen LogP) is 5.93. The van der Waals surface area contributed by atoms with Crippen molar-refractivity contribution in [3.05, 3.63) is 99.0 Å². The number of esters is 1. The predicted molar refractivity (Wildman–Crippen MR) is 132 cm³/mol. The van der Waals surface area contributed by atoms with Crippen LogP contribution in [-0.4, -0.2) is 23.6 Å². The summed E-state index contributed by atoms with van der Waals surface area (Å²) in [6.45, 7) is 7.82. The van der Waals surface area contributed by atoms with Crippen LogP contribution >= 0.6 is 11.6 Å². The molecule has 2 aromatic carbocycles. The van der Waals surface area contributed by atoms with Crippen LogP contribution in [0.3, 0.4) is 0 Å². The zero-order valence-electron chi connectivity index (χ0n) is 19.3. The molecule has 0 bridgehead atoms. The van der Waals surface area contributed by atoms with Crippen LogP contribution in [0.1, 0.15) is 29.4 Å². The topological polar surface area (TPSA) is 51.5 Å². The summed E-state index contributed by atoms with van der Waals surface area (Å²) in [6, 6.07) is 17.2. The van der Waals surface area contributed by atoms with E-state index in [0.717, 1.165) is 22.6 Å². The number of amides is 1. The number of anilines is 1. The Morgan fingerprint density at radius 2 is 1.55 bits per heavy atom. The SMILES string of the molecule is COC(=O)C1=C(C)N(c2ccc(Cl)cc2)C(=O)/C1=C/c1cc(C)n(-c2ccc(C)cc2)c1C. The number of nitrogens with zero attached hydrogens (tertiary/aromatic N) is 2. The Hall–Kier alpha value is -3.57. The number of halogens is 1. The van der Waals surface area contributed by atoms with Crippen molar-refractivity contribution in [3.8, 4) is 5.69 Å². The van der Waals surface area contributed by atoms with Crippen molar-refractivity contribution in [1.29, 1.82) is 0 Å². The minimum atomic E-state index is -0.545. The van der Waals surface area contributed by atoms with E-state index < -0.39 is 5.97 Å². The molecule has 0 saturated carbocycles. The van der Waals surface area contributed by atoms with Gasteiger partial charge in [0.15, 0.2) is 0 Å². The van der Waals surface area contributed by atoms with Crippen molar-refractivity contribution < 1.29 is 14.3 Å². The van der Waals surface area contributed by atoms with Crippen LogP contribution in [0.25, 0.3) is 11.8 Å². The fraction of sp³-hybridized carbons (Fsp3) is 0.185. The molecule has 0 fully saturated rings. The Kier molecular flexibility index (Phi) is 6.00. The smallest absolute Gasteiger partial charge is 0.340 e. The zero-order chi connectivity index (χ0) is 23.9. The molecule has 1 amide bonds. The number of hydrogen-bond donors (Lipinski definition) is 0. The summed E-state index contributed by atoms with van der Waals surface area (Å²) in [5.74, 6) is -0.828. The Labute approximate surface area is 198 Å². The second-order valence-electron chi connectivity index (χ2n) is 8.12. The van der Waals surface area contributed by atoms with E-state index in [4.69, 9.17) is 16.3 Å². The molecule has 0 spiro atoms. The molecule has 5 nitrogen and oxygen atoms in total. The molecule has 2 heterocycles. The van der Waals surface area contributed by atoms with Crippen LogP contribution in [-0.2, 0) is 14.3 Å². The van der Waals surface area contributed by atoms with Crippen molar-refractivity contribution in [3.63, 3.8) is 0 Å². The lowest BCUT2D eigenvalue weighted by molar-refractivity contribution is -0.136. The molecule has 4 rings (SSSR count). The summed E-state index contributed by atoms with van der Waals surface area (Å²) in [5, 5.41) is 0.569. The number of methoxy groups -OCH3 is 1. The lowest BCUT2D eigenvalue weighted by Gasteiger charge is -2.17. The van der Waals surface area contributed by atoms with E-state index in [2.05, 4.69) is 35.8 Å². The highest BCUT2D eigenvalue weighted by molar-refractivity contribution is 6.30. The molecular weight excluding hydrogens is 436 g/mol. The molecule has 168 valence electrons. The summed E-state index contributed by atoms with van der Waals surface area (Å²) in [6.07, 6.45) is 1.78. The van der Waals surface area contributed by atoms with Gasteiger partial charge < -0.3 is 9.30 Å². The maximum Gasteiger partial charge on any atom is 0.340 e. The Morgan fingerprint density at radius 1 is 0.939 bits per heavy atom. The lowest BCUT2D eigenvalue weighted by atomic mass is 10.0. The molecule has 0 unspecified atom stereocenters. The number of hydrogen-bond acceptors (Lipinski definition) is 3. The van der Waals surface area contributed by atoms with Crippen LogP contribution in [0.15, 0.2) is 71.4 Å². The van der Waals surface area contributed by atoms with Gasteiger partial charge in [-0.1, -0.05) is 29.3 Å². The first kappa shape index (κ1) is 22.6. The van der Waals surface area contributed by atoms with E-state index in [-0.39, 0.29) is 11.5 Å². The largest absolute Gasteiger partial charge is 0.465 e. The highest BCUT2D eigenvalue weighted by Crippen LogP contribution is 2.36. The molecule has 3 aromatic rings. The van der Waals surface area contributed by atoms with Gasteiger partial charge in [0.05, 0.1) is 18.3 Å². The molecule has 33 heavy (non-hydrogen) atoms. The van der Waals surface area contributed by atoms with Gasteiger partial charge in [0.1, 0.15) is 0 Å². The maximum absolute atomic E-state index is 13.5. The third-order valence-corrected chi connectivity index (χ3v) is 6.19. The van der Waals surface area contributed by atoms with Gasteiger partial charge in [-0.25, -0.2) is 4.79 Å². The fourth-order valence-electron chi connectivity index (χ4n) is 4.26. The van der Waals surface area contributed by atoms with Gasteiger partial charge in [-0.05, 0) is 81.8 Å². The number of allylic oxidation sites excluding steroid dienone is 1. The Bertz CT molecular complexity index is 1310. The molecule has 0 radical (unpaired) electrons. The van der Waals surface area contributed by atoms with Crippen LogP contribution in [0, 0.1) is 20.8 Å². The van der Waals surface area contributed by atoms with Crippen LogP contribution in [0.2, 0.25) is 5.02 Å². The number of aromatic nitrogens is 1. The van der Waals surface area contributed by atoms with Crippen LogP contribution in [0.5, 0.6) is 0 Å². The number of rotatable bonds is 4. The number of aryl methyl sites for hydroxylation is 2. The normalized spacial score (nSPS) is 15.0. The van der Waals surface area contributed by atoms with E-state index in [1.54, 1.807) is 37.3 Å². The van der Waals surface area contributed by atoms with Crippen molar-refractivity contribution in [1.82, 2.24) is 4.57 Å². The van der Waals surface area contributed by atoms with E-state index in [9.17, 15) is 9.59 Å². The fourth-order valence-corrected chi connectivity index (χ4v) is 4.39. The third kappa shape index (κ3) is 4.00. The Morgan fingerprint density at radius 3 is 2.15 bits per heavy atom. The molecule has 1 aromatic heterocycles. The standard InChI is InChI=1S/C27H25ClN2O3/c1-16-6-10-22(11-7-16)29-17(2)14-20(18(29)3)15-24-25(27(32)33-5)19(4)30(26(24)31)23-12-8-21(28)9-13-23/h6-15H,1-5H3/b24-15+. The third-order valence-electron chi connectivity index (χ3n) is 5.94. The van der Waals surface area contributed by atoms with E-state index >= 15 is 0 Å². The van der Waals surface area contributed by atoms with Crippen molar-refractivity contribution in [2.75, 3.05) is 12.0 Å². The van der Waals surface area contributed by atoms with E-state index in [0.29, 0.717) is 22.0 Å². The molecule has 1 aliphatic rings. The highest BCUT2D eigenvalue weighted by Gasteiger charge is 2.38. The minimum absolute atomic E-state index is 0.262. The second kappa shape index (κ2) is 8.75. The number of ether oxygens (including phenoxy) is 1. The molecule has 0 N–H and O–H groups in total. The van der Waals surface area contributed by atoms with Gasteiger partial charge >= 0.3 is 5.97 Å². The van der Waals surface area contributed by atoms with Crippen molar-refractivity contribution in [2.45, 2.75) is 27.7 Å². The van der Waals surface area contributed by atoms with Crippen molar-refractivity contribution >= 4 is 35.2 Å². The molecule has 6 heteroatoms. The van der Waals surface area contributed by atoms with Crippen molar-refractivity contribution in [2.24, 2.45) is 0 Å². The molecule has 0 atom stereocenters. The average Bonchev–Trinajstić information content (AvgIpc) is 3.21. The monoisotopic (exact) mass is 460 g/mol. The lowest BCUT2D eigenvalue weighted by Crippen LogP contribution is -2.24. The van der Waals surface area contributed by atoms with E-state index in [1.807, 2.05) is 19.9 Å². The average molecular weight is 461 g/mol. The van der Waals surface area contributed by atoms with Gasteiger partial charge in [0.2, 0.25) is 0 Å². The van der Waals surface area contributed by atoms with Gasteiger partial charge in [-0.15, -0.1) is 0 Å². The quantitative estimate of drug-likeness (QED) is 0.358. The van der Waals surface area contributed by atoms with Gasteiger partial charge in [0.25, 0.3) is 5.91 Å². The summed E-state index contributed by atoms with van der Waals surface area (Å²) in [7, 11) is 1.32. The number of benzene rings is 2. The Balaban J connectivity index is 1.84. The highest BCUT2D eigenvalue weighted by atomic mass is 35.5. The minimum Gasteiger partial charge on any atom is -0.465 e. The summed E-state index contributed by atoms with van der Waals surface area (Å²) in [4.78, 5) is 27.7. The van der Waals surface area contributed by atoms with Gasteiger partial charge in [0, 0.05) is 33.5 Å². The summed E-state index contributed by atoms with van der Waals surface area (Å²) in [5.41, 5.74) is 6.82. The first-order valence-corrected chi connectivity index (χ1v) is 11.0.